The first-order valence-corrected chi connectivity index (χ1v) is 12.3. The maximum atomic E-state index is 12.2. The molecule has 0 saturated heterocycles. The van der Waals surface area contributed by atoms with Gasteiger partial charge in [0.05, 0.1) is 13.9 Å². The zero-order valence-corrected chi connectivity index (χ0v) is 23.0. The molecule has 188 valence electrons. The molecular weight excluding hydrogens is 410 g/mol. The Hall–Kier alpha value is -0.710. The van der Waals surface area contributed by atoms with E-state index < -0.39 is 0 Å². The summed E-state index contributed by atoms with van der Waals surface area (Å²) in [6, 6.07) is 0. The van der Waals surface area contributed by atoms with Gasteiger partial charge < -0.3 is 10.6 Å². The van der Waals surface area contributed by atoms with Gasteiger partial charge in [-0.3, -0.25) is 8.78 Å². The molecule has 0 rings (SSSR count). The van der Waals surface area contributed by atoms with E-state index in [1.165, 1.54) is 0 Å². The molecule has 0 radical (unpaired) electrons. The van der Waals surface area contributed by atoms with Crippen molar-refractivity contribution >= 4 is 12.6 Å². The minimum absolute atomic E-state index is 0.215. The number of halogens is 2. The zero-order chi connectivity index (χ0) is 25.1. The fraction of sp³-hybridized carbons (Fsp3) is 0.846. The van der Waals surface area contributed by atoms with Crippen LogP contribution in [0.5, 0.6) is 0 Å². The van der Waals surface area contributed by atoms with Crippen molar-refractivity contribution in [1.29, 1.82) is 0 Å². The molecule has 0 amide bonds. The normalized spacial score (nSPS) is 13.0. The third kappa shape index (κ3) is 25.4. The summed E-state index contributed by atoms with van der Waals surface area (Å²) in [5.74, 6) is 1.97. The lowest BCUT2D eigenvalue weighted by Crippen LogP contribution is -2.25. The van der Waals surface area contributed by atoms with Crippen molar-refractivity contribution in [2.45, 2.75) is 87.5 Å². The molecule has 0 fully saturated rings. The molecule has 0 aliphatic heterocycles. The Bertz CT molecular complexity index is 445. The quantitative estimate of drug-likeness (QED) is 0.227. The predicted molar refractivity (Wildman–Crippen MR) is 141 cm³/mol. The first kappa shape index (κ1) is 34.9. The van der Waals surface area contributed by atoms with Crippen LogP contribution >= 0.6 is 12.6 Å². The van der Waals surface area contributed by atoms with Gasteiger partial charge in [0.1, 0.15) is 0 Å². The van der Waals surface area contributed by atoms with Crippen LogP contribution in [0, 0.1) is 22.7 Å². The highest BCUT2D eigenvalue weighted by Gasteiger charge is 2.16. The lowest BCUT2D eigenvalue weighted by Gasteiger charge is -2.25. The van der Waals surface area contributed by atoms with Crippen LogP contribution in [0.3, 0.4) is 0 Å². The summed E-state index contributed by atoms with van der Waals surface area (Å²) >= 11 is 4.23. The van der Waals surface area contributed by atoms with Gasteiger partial charge >= 0.3 is 0 Å². The first-order valence-electron chi connectivity index (χ1n) is 11.7. The van der Waals surface area contributed by atoms with E-state index in [9.17, 15) is 8.78 Å². The lowest BCUT2D eigenvalue weighted by molar-refractivity contribution is 0.330. The second kappa shape index (κ2) is 19.9. The van der Waals surface area contributed by atoms with E-state index in [2.05, 4.69) is 91.8 Å². The van der Waals surface area contributed by atoms with Crippen LogP contribution in [0.25, 0.3) is 0 Å². The number of rotatable bonds is 14. The van der Waals surface area contributed by atoms with Crippen LogP contribution in [0.2, 0.25) is 0 Å². The Labute approximate surface area is 199 Å². The second-order valence-electron chi connectivity index (χ2n) is 10.4. The van der Waals surface area contributed by atoms with Gasteiger partial charge in [-0.1, -0.05) is 81.4 Å². The van der Waals surface area contributed by atoms with Crippen molar-refractivity contribution in [3.05, 3.63) is 24.6 Å². The smallest absolute Gasteiger partial charge is 0.0897 e. The van der Waals surface area contributed by atoms with E-state index in [4.69, 9.17) is 0 Å². The standard InChI is InChI=1S/C14H28FN.C11H23NS.CH3F/c1-6-13(8-9-15)11-16-12(3)10-14(4,5)7-2;1-9(8-13)7-12-10(2)6-11(3,4)5;1-2/h13,16H,3,6-11H2,1-2,4-5H3;9,12-13H,2,6-8H2,1,3-5H3;1H3. The summed E-state index contributed by atoms with van der Waals surface area (Å²) in [7, 11) is 0.500. The van der Waals surface area contributed by atoms with Gasteiger partial charge in [0.15, 0.2) is 0 Å². The monoisotopic (exact) mass is 464 g/mol. The molecule has 0 spiro atoms. The summed E-state index contributed by atoms with van der Waals surface area (Å²) in [5, 5.41) is 6.69. The SMILES string of the molecule is C=C(CC(C)(C)C)NCC(C)CS.C=C(CC(C)(C)CC)NCC(CC)CCF.CF. The molecule has 0 bridgehead atoms. The van der Waals surface area contributed by atoms with Crippen molar-refractivity contribution in [2.24, 2.45) is 22.7 Å². The molecule has 2 unspecified atom stereocenters. The van der Waals surface area contributed by atoms with Crippen LogP contribution in [0.15, 0.2) is 24.6 Å². The first-order chi connectivity index (χ1) is 14.3. The van der Waals surface area contributed by atoms with Gasteiger partial charge in [0.25, 0.3) is 0 Å². The van der Waals surface area contributed by atoms with E-state index in [-0.39, 0.29) is 6.67 Å². The highest BCUT2D eigenvalue weighted by atomic mass is 32.1. The molecule has 5 heteroatoms. The summed E-state index contributed by atoms with van der Waals surface area (Å²) in [5.41, 5.74) is 2.87. The van der Waals surface area contributed by atoms with Crippen molar-refractivity contribution in [3.8, 4) is 0 Å². The summed E-state index contributed by atoms with van der Waals surface area (Å²) < 4.78 is 21.7. The van der Waals surface area contributed by atoms with Gasteiger partial charge in [-0.15, -0.1) is 0 Å². The van der Waals surface area contributed by atoms with Crippen molar-refractivity contribution in [2.75, 3.05) is 32.7 Å². The number of nitrogens with one attached hydrogen (secondary N) is 2. The molecule has 2 N–H and O–H groups in total. The predicted octanol–water partition coefficient (Wildman–Crippen LogP) is 7.98. The maximum Gasteiger partial charge on any atom is 0.0897 e. The minimum atomic E-state index is -0.215. The van der Waals surface area contributed by atoms with Crippen LogP contribution in [0.4, 0.5) is 8.78 Å². The van der Waals surface area contributed by atoms with Crippen LogP contribution < -0.4 is 10.6 Å². The molecular formula is C26H54F2N2S. The number of alkyl halides is 2. The Morgan fingerprint density at radius 3 is 1.81 bits per heavy atom. The number of hydrogen-bond donors (Lipinski definition) is 3. The van der Waals surface area contributed by atoms with Gasteiger partial charge in [-0.25, -0.2) is 0 Å². The van der Waals surface area contributed by atoms with Crippen molar-refractivity contribution < 1.29 is 8.78 Å². The van der Waals surface area contributed by atoms with Gasteiger partial charge in [0.2, 0.25) is 0 Å². The third-order valence-corrected chi connectivity index (χ3v) is 5.76. The number of thiol groups is 1. The van der Waals surface area contributed by atoms with E-state index in [1.54, 1.807) is 0 Å². The average molecular weight is 465 g/mol. The summed E-state index contributed by atoms with van der Waals surface area (Å²) in [6.07, 6.45) is 4.87. The number of hydrogen-bond acceptors (Lipinski definition) is 3. The highest BCUT2D eigenvalue weighted by molar-refractivity contribution is 7.80. The van der Waals surface area contributed by atoms with Crippen molar-refractivity contribution in [1.82, 2.24) is 10.6 Å². The van der Waals surface area contributed by atoms with E-state index >= 15 is 0 Å². The lowest BCUT2D eigenvalue weighted by atomic mass is 9.85. The minimum Gasteiger partial charge on any atom is -0.389 e. The number of allylic oxidation sites excluding steroid dienone is 2. The fourth-order valence-corrected chi connectivity index (χ4v) is 2.87. The topological polar surface area (TPSA) is 24.1 Å². The summed E-state index contributed by atoms with van der Waals surface area (Å²) in [4.78, 5) is 0. The van der Waals surface area contributed by atoms with Crippen molar-refractivity contribution in [3.63, 3.8) is 0 Å². The average Bonchev–Trinajstić information content (AvgIpc) is 2.69. The Morgan fingerprint density at radius 2 is 1.42 bits per heavy atom. The van der Waals surface area contributed by atoms with E-state index in [0.29, 0.717) is 36.3 Å². The van der Waals surface area contributed by atoms with Gasteiger partial charge in [0, 0.05) is 24.5 Å². The molecule has 31 heavy (non-hydrogen) atoms. The molecule has 0 heterocycles. The van der Waals surface area contributed by atoms with Gasteiger partial charge in [-0.2, -0.15) is 12.6 Å². The molecule has 0 aromatic rings. The molecule has 0 aliphatic carbocycles. The third-order valence-electron chi connectivity index (χ3n) is 5.14. The summed E-state index contributed by atoms with van der Waals surface area (Å²) in [6.45, 7) is 27.4. The van der Waals surface area contributed by atoms with E-state index in [1.807, 2.05) is 0 Å². The van der Waals surface area contributed by atoms with Crippen LogP contribution in [0.1, 0.15) is 87.5 Å². The molecule has 2 atom stereocenters. The van der Waals surface area contributed by atoms with Crippen LogP contribution in [-0.4, -0.2) is 32.7 Å². The Balaban J connectivity index is -0.000000476. The van der Waals surface area contributed by atoms with Gasteiger partial charge in [-0.05, 0) is 47.7 Å². The molecule has 0 aromatic heterocycles. The zero-order valence-electron chi connectivity index (χ0n) is 22.1. The Kier molecular flexibility index (Phi) is 22.4. The van der Waals surface area contributed by atoms with Crippen LogP contribution in [-0.2, 0) is 0 Å². The molecule has 0 saturated carbocycles. The molecule has 0 aromatic carbocycles. The highest BCUT2D eigenvalue weighted by Crippen LogP contribution is 2.27. The van der Waals surface area contributed by atoms with E-state index in [0.717, 1.165) is 55.9 Å². The maximum absolute atomic E-state index is 12.2. The Morgan fingerprint density at radius 1 is 0.935 bits per heavy atom. The largest absolute Gasteiger partial charge is 0.389 e. The molecule has 2 nitrogen and oxygen atoms in total. The second-order valence-corrected chi connectivity index (χ2v) is 10.8. The molecule has 0 aliphatic rings. The fourth-order valence-electron chi connectivity index (χ4n) is 2.74.